The van der Waals surface area contributed by atoms with E-state index in [9.17, 15) is 0 Å². The molecule has 0 saturated carbocycles. The van der Waals surface area contributed by atoms with E-state index in [0.717, 1.165) is 18.4 Å². The average molecular weight is 257 g/mol. The first-order valence-corrected chi connectivity index (χ1v) is 6.91. The molecule has 1 N–H and O–H groups in total. The molecule has 0 amide bonds. The summed E-state index contributed by atoms with van der Waals surface area (Å²) in [6.45, 7) is 15.6. The van der Waals surface area contributed by atoms with E-state index in [2.05, 4.69) is 49.3 Å². The Kier molecular flexibility index (Phi) is 9.46. The van der Waals surface area contributed by atoms with Crippen LogP contribution in [0.15, 0.2) is 61.7 Å². The summed E-state index contributed by atoms with van der Waals surface area (Å²) in [6, 6.07) is 8.60. The molecule has 0 radical (unpaired) electrons. The molecular formula is C18H27N. The van der Waals surface area contributed by atoms with Crippen molar-refractivity contribution in [3.8, 4) is 0 Å². The Bertz CT molecular complexity index is 404. The summed E-state index contributed by atoms with van der Waals surface area (Å²) in [7, 11) is 1.95. The fraction of sp³-hybridized carbons (Fsp3) is 0.333. The van der Waals surface area contributed by atoms with Crippen LogP contribution in [0.4, 0.5) is 0 Å². The van der Waals surface area contributed by atoms with Gasteiger partial charge in [-0.15, -0.1) is 6.58 Å². The standard InChI is InChI=1S/C16H21N.C2H6/c1-5-7-10-14-11-8-9-12-15(14)16(17-4)13(3)6-2;1-2/h5-6,8-9,11-12,16-17H,1-3,7,10H2,4H3;1-2H3. The number of likely N-dealkylation sites (N-methyl/N-ethyl adjacent to an activating group) is 1. The summed E-state index contributed by atoms with van der Waals surface area (Å²) in [5.41, 5.74) is 3.62. The molecule has 0 fully saturated rings. The van der Waals surface area contributed by atoms with E-state index >= 15 is 0 Å². The molecule has 1 aromatic carbocycles. The van der Waals surface area contributed by atoms with Crippen molar-refractivity contribution in [1.82, 2.24) is 5.32 Å². The number of allylic oxidation sites excluding steroid dienone is 1. The van der Waals surface area contributed by atoms with E-state index in [0.29, 0.717) is 0 Å². The normalized spacial score (nSPS) is 10.9. The van der Waals surface area contributed by atoms with Gasteiger partial charge in [0.05, 0.1) is 6.04 Å². The monoisotopic (exact) mass is 257 g/mol. The van der Waals surface area contributed by atoms with Gasteiger partial charge >= 0.3 is 0 Å². The van der Waals surface area contributed by atoms with E-state index in [1.165, 1.54) is 11.1 Å². The molecule has 0 aliphatic carbocycles. The topological polar surface area (TPSA) is 12.0 Å². The van der Waals surface area contributed by atoms with E-state index < -0.39 is 0 Å². The molecular weight excluding hydrogens is 230 g/mol. The Morgan fingerprint density at radius 1 is 1.26 bits per heavy atom. The lowest BCUT2D eigenvalue weighted by Gasteiger charge is -2.20. The second kappa shape index (κ2) is 10.3. The van der Waals surface area contributed by atoms with Gasteiger partial charge in [-0.3, -0.25) is 0 Å². The van der Waals surface area contributed by atoms with Crippen molar-refractivity contribution in [1.29, 1.82) is 0 Å². The van der Waals surface area contributed by atoms with Crippen molar-refractivity contribution in [3.63, 3.8) is 0 Å². The molecule has 1 nitrogen and oxygen atoms in total. The van der Waals surface area contributed by atoms with Gasteiger partial charge in [0.15, 0.2) is 0 Å². The number of nitrogens with one attached hydrogen (secondary N) is 1. The second-order valence-corrected chi connectivity index (χ2v) is 4.03. The number of hydrogen-bond donors (Lipinski definition) is 1. The maximum absolute atomic E-state index is 4.04. The highest BCUT2D eigenvalue weighted by molar-refractivity contribution is 5.37. The molecule has 1 aromatic rings. The molecule has 1 rings (SSSR count). The van der Waals surface area contributed by atoms with Gasteiger partial charge in [0.2, 0.25) is 0 Å². The van der Waals surface area contributed by atoms with Gasteiger partial charge in [0.1, 0.15) is 0 Å². The average Bonchev–Trinajstić information content (AvgIpc) is 2.48. The van der Waals surface area contributed by atoms with Gasteiger partial charge in [0, 0.05) is 0 Å². The maximum Gasteiger partial charge on any atom is 0.0571 e. The minimum atomic E-state index is 0.147. The SMILES string of the molecule is C=CCCc1ccccc1C(NC)C(=C)C=C.CC. The van der Waals surface area contributed by atoms with Crippen LogP contribution in [0.5, 0.6) is 0 Å². The van der Waals surface area contributed by atoms with Crippen molar-refractivity contribution in [2.75, 3.05) is 7.05 Å². The molecule has 0 heterocycles. The van der Waals surface area contributed by atoms with Crippen LogP contribution in [-0.4, -0.2) is 7.05 Å². The molecule has 0 saturated heterocycles. The Morgan fingerprint density at radius 3 is 2.42 bits per heavy atom. The van der Waals surface area contributed by atoms with Crippen molar-refractivity contribution >= 4 is 0 Å². The number of benzene rings is 1. The van der Waals surface area contributed by atoms with Crippen LogP contribution in [0, 0.1) is 0 Å². The van der Waals surface area contributed by atoms with Crippen LogP contribution in [-0.2, 0) is 6.42 Å². The number of aryl methyl sites for hydroxylation is 1. The lowest BCUT2D eigenvalue weighted by Crippen LogP contribution is -2.19. The van der Waals surface area contributed by atoms with Crippen molar-refractivity contribution in [2.24, 2.45) is 0 Å². The lowest BCUT2D eigenvalue weighted by molar-refractivity contribution is 0.683. The van der Waals surface area contributed by atoms with E-state index in [-0.39, 0.29) is 6.04 Å². The molecule has 1 unspecified atom stereocenters. The van der Waals surface area contributed by atoms with Crippen LogP contribution >= 0.6 is 0 Å². The molecule has 1 heteroatoms. The number of hydrogen-bond acceptors (Lipinski definition) is 1. The Balaban J connectivity index is 0.00000154. The highest BCUT2D eigenvalue weighted by Crippen LogP contribution is 2.25. The predicted octanol–water partition coefficient (Wildman–Crippen LogP) is 4.83. The van der Waals surface area contributed by atoms with Gasteiger partial charge < -0.3 is 5.32 Å². The predicted molar refractivity (Wildman–Crippen MR) is 87.4 cm³/mol. The molecule has 19 heavy (non-hydrogen) atoms. The van der Waals surface area contributed by atoms with Gasteiger partial charge in [-0.1, -0.05) is 63.4 Å². The summed E-state index contributed by atoms with van der Waals surface area (Å²) < 4.78 is 0. The van der Waals surface area contributed by atoms with Crippen LogP contribution in [0.1, 0.15) is 37.4 Å². The van der Waals surface area contributed by atoms with Gasteiger partial charge in [0.25, 0.3) is 0 Å². The van der Waals surface area contributed by atoms with Crippen LogP contribution in [0.2, 0.25) is 0 Å². The zero-order valence-electron chi connectivity index (χ0n) is 12.6. The van der Waals surface area contributed by atoms with Crippen molar-refractivity contribution in [3.05, 3.63) is 72.9 Å². The quantitative estimate of drug-likeness (QED) is 0.544. The van der Waals surface area contributed by atoms with Crippen molar-refractivity contribution < 1.29 is 0 Å². The smallest absolute Gasteiger partial charge is 0.0571 e. The first kappa shape index (κ1) is 17.4. The maximum atomic E-state index is 4.04. The van der Waals surface area contributed by atoms with Gasteiger partial charge in [-0.2, -0.15) is 0 Å². The third-order valence-electron chi connectivity index (χ3n) is 2.91. The zero-order chi connectivity index (χ0) is 14.7. The summed E-state index contributed by atoms with van der Waals surface area (Å²) >= 11 is 0. The lowest BCUT2D eigenvalue weighted by atomic mass is 9.93. The zero-order valence-corrected chi connectivity index (χ0v) is 12.6. The molecule has 0 aromatic heterocycles. The molecule has 0 aliphatic heterocycles. The molecule has 104 valence electrons. The third kappa shape index (κ3) is 5.27. The molecule has 0 spiro atoms. The van der Waals surface area contributed by atoms with Crippen LogP contribution in [0.3, 0.4) is 0 Å². The largest absolute Gasteiger partial charge is 0.309 e. The number of rotatable bonds is 7. The minimum Gasteiger partial charge on any atom is -0.309 e. The molecule has 0 aliphatic rings. The van der Waals surface area contributed by atoms with E-state index in [4.69, 9.17) is 0 Å². The van der Waals surface area contributed by atoms with E-state index in [1.54, 1.807) is 0 Å². The Morgan fingerprint density at radius 2 is 1.89 bits per heavy atom. The molecule has 0 bridgehead atoms. The first-order chi connectivity index (χ1) is 9.24. The van der Waals surface area contributed by atoms with Gasteiger partial charge in [-0.25, -0.2) is 0 Å². The first-order valence-electron chi connectivity index (χ1n) is 6.91. The van der Waals surface area contributed by atoms with Crippen LogP contribution < -0.4 is 5.32 Å². The summed E-state index contributed by atoms with van der Waals surface area (Å²) in [4.78, 5) is 0. The third-order valence-corrected chi connectivity index (χ3v) is 2.91. The van der Waals surface area contributed by atoms with E-state index in [1.807, 2.05) is 33.0 Å². The minimum absolute atomic E-state index is 0.147. The summed E-state index contributed by atoms with van der Waals surface area (Å²) in [5, 5.41) is 3.29. The highest BCUT2D eigenvalue weighted by atomic mass is 14.9. The highest BCUT2D eigenvalue weighted by Gasteiger charge is 2.13. The summed E-state index contributed by atoms with van der Waals surface area (Å²) in [6.07, 6.45) is 5.77. The molecule has 1 atom stereocenters. The van der Waals surface area contributed by atoms with Crippen molar-refractivity contribution in [2.45, 2.75) is 32.7 Å². The fourth-order valence-electron chi connectivity index (χ4n) is 1.96. The second-order valence-electron chi connectivity index (χ2n) is 4.03. The van der Waals surface area contributed by atoms with Gasteiger partial charge in [-0.05, 0) is 36.6 Å². The Labute approximate surface area is 118 Å². The Hall–Kier alpha value is -1.60. The fourth-order valence-corrected chi connectivity index (χ4v) is 1.96. The summed E-state index contributed by atoms with van der Waals surface area (Å²) in [5.74, 6) is 0. The van der Waals surface area contributed by atoms with Crippen LogP contribution in [0.25, 0.3) is 0 Å².